The Labute approximate surface area is 321 Å². The minimum Gasteiger partial charge on any atom is -0.255 e. The number of hydrogen-bond donors (Lipinski definition) is 0. The largest absolute Gasteiger partial charge is 0.255 e. The lowest BCUT2D eigenvalue weighted by Gasteiger charge is -2.10. The molecule has 5 aromatic carbocycles. The molecule has 0 aliphatic carbocycles. The molecule has 0 N–H and O–H groups in total. The fourth-order valence-corrected chi connectivity index (χ4v) is 8.12. The highest BCUT2D eigenvalue weighted by Gasteiger charge is 2.17. The number of fused-ring (bicyclic) bond motifs is 3. The summed E-state index contributed by atoms with van der Waals surface area (Å²) in [6.07, 6.45) is 3.59. The van der Waals surface area contributed by atoms with E-state index in [1.54, 1.807) is 23.7 Å². The topological polar surface area (TPSA) is 77.3 Å². The molecule has 10 rings (SSSR count). The van der Waals surface area contributed by atoms with Crippen LogP contribution in [0.4, 0.5) is 0 Å². The van der Waals surface area contributed by atoms with Crippen LogP contribution in [0, 0.1) is 0 Å². The van der Waals surface area contributed by atoms with E-state index < -0.39 is 0 Å². The third-order valence-electron chi connectivity index (χ3n) is 9.67. The first-order chi connectivity index (χ1) is 27.2. The van der Waals surface area contributed by atoms with Gasteiger partial charge in [-0.25, -0.2) is 19.9 Å². The van der Waals surface area contributed by atoms with Gasteiger partial charge in [0.25, 0.3) is 0 Å². The number of benzene rings is 5. The smallest absolute Gasteiger partial charge is 0.165 e. The predicted molar refractivity (Wildman–Crippen MR) is 224 cm³/mol. The van der Waals surface area contributed by atoms with E-state index in [-0.39, 0.29) is 0 Å². The Bertz CT molecular complexity index is 2840. The minimum atomic E-state index is 0.654. The van der Waals surface area contributed by atoms with Crippen LogP contribution in [-0.2, 0) is 0 Å². The molecule has 0 radical (unpaired) electrons. The zero-order valence-corrected chi connectivity index (χ0v) is 30.2. The van der Waals surface area contributed by atoms with Crippen LogP contribution in [0.5, 0.6) is 0 Å². The SMILES string of the molecule is c1ccc(-c2nc(-c3ccccc3)nc(-c3cccc4c3sc3ccc(-c5ccc(-c6cc(-c7ccccn7)nc(-c7ccccn7)c6)cc5)cc34)n2)cc1. The summed E-state index contributed by atoms with van der Waals surface area (Å²) in [4.78, 5) is 29.1. The van der Waals surface area contributed by atoms with Gasteiger partial charge in [0.2, 0.25) is 0 Å². The molecule has 5 aromatic heterocycles. The molecular weight excluding hydrogens is 693 g/mol. The molecule has 0 aliphatic rings. The second kappa shape index (κ2) is 14.0. The van der Waals surface area contributed by atoms with Crippen LogP contribution in [0.1, 0.15) is 0 Å². The number of thiophene rings is 1. The van der Waals surface area contributed by atoms with Crippen molar-refractivity contribution in [2.45, 2.75) is 0 Å². The molecule has 7 heteroatoms. The van der Waals surface area contributed by atoms with E-state index in [0.717, 1.165) is 66.4 Å². The summed E-state index contributed by atoms with van der Waals surface area (Å²) in [5, 5.41) is 2.39. The number of nitrogens with zero attached hydrogens (tertiary/aromatic N) is 6. The van der Waals surface area contributed by atoms with Crippen LogP contribution in [0.2, 0.25) is 0 Å². The van der Waals surface area contributed by atoms with Crippen molar-refractivity contribution in [2.75, 3.05) is 0 Å². The standard InChI is InChI=1S/C48H30N6S/c1-3-12-33(13-4-1)46-52-47(34-14-5-2-6-15-34)54-48(53-46)38-17-11-16-37-39-28-35(24-25-44(39)55-45(37)38)31-20-22-32(23-21-31)36-29-42(40-18-7-9-26-49-40)51-43(30-36)41-19-8-10-27-50-41/h1-30H. The van der Waals surface area contributed by atoms with Gasteiger partial charge >= 0.3 is 0 Å². The van der Waals surface area contributed by atoms with Gasteiger partial charge < -0.3 is 0 Å². The maximum Gasteiger partial charge on any atom is 0.165 e. The van der Waals surface area contributed by atoms with E-state index in [1.165, 1.54) is 15.5 Å². The van der Waals surface area contributed by atoms with Crippen LogP contribution in [-0.4, -0.2) is 29.9 Å². The Morgan fingerprint density at radius 2 is 0.873 bits per heavy atom. The minimum absolute atomic E-state index is 0.654. The van der Waals surface area contributed by atoms with Gasteiger partial charge in [-0.15, -0.1) is 11.3 Å². The molecule has 0 unspecified atom stereocenters. The van der Waals surface area contributed by atoms with Crippen LogP contribution >= 0.6 is 11.3 Å². The zero-order chi connectivity index (χ0) is 36.6. The van der Waals surface area contributed by atoms with Crippen molar-refractivity contribution in [3.8, 4) is 79.2 Å². The molecule has 258 valence electrons. The van der Waals surface area contributed by atoms with Gasteiger partial charge in [-0.1, -0.05) is 115 Å². The summed E-state index contributed by atoms with van der Waals surface area (Å²) in [7, 11) is 0. The summed E-state index contributed by atoms with van der Waals surface area (Å²) in [5.74, 6) is 1.97. The van der Waals surface area contributed by atoms with Crippen LogP contribution < -0.4 is 0 Å². The molecular formula is C48H30N6S. The second-order valence-electron chi connectivity index (χ2n) is 13.2. The Morgan fingerprint density at radius 3 is 1.45 bits per heavy atom. The summed E-state index contributed by atoms with van der Waals surface area (Å²) >= 11 is 1.77. The first-order valence-corrected chi connectivity index (χ1v) is 18.8. The molecule has 6 nitrogen and oxygen atoms in total. The summed E-state index contributed by atoms with van der Waals surface area (Å²) in [5.41, 5.74) is 10.6. The normalized spacial score (nSPS) is 11.3. The van der Waals surface area contributed by atoms with Crippen molar-refractivity contribution in [1.29, 1.82) is 0 Å². The maximum atomic E-state index is 5.04. The van der Waals surface area contributed by atoms with Crippen molar-refractivity contribution >= 4 is 31.5 Å². The van der Waals surface area contributed by atoms with Gasteiger partial charge in [0.05, 0.1) is 22.8 Å². The molecule has 0 spiro atoms. The van der Waals surface area contributed by atoms with Gasteiger partial charge in [-0.3, -0.25) is 9.97 Å². The molecule has 0 amide bonds. The quantitative estimate of drug-likeness (QED) is 0.163. The zero-order valence-electron chi connectivity index (χ0n) is 29.4. The van der Waals surface area contributed by atoms with Crippen molar-refractivity contribution < 1.29 is 0 Å². The lowest BCUT2D eigenvalue weighted by molar-refractivity contribution is 1.08. The van der Waals surface area contributed by atoms with Gasteiger partial charge in [0, 0.05) is 49.3 Å². The van der Waals surface area contributed by atoms with Gasteiger partial charge in [-0.2, -0.15) is 0 Å². The Balaban J connectivity index is 1.03. The molecule has 5 heterocycles. The van der Waals surface area contributed by atoms with E-state index in [9.17, 15) is 0 Å². The van der Waals surface area contributed by atoms with Crippen LogP contribution in [0.3, 0.4) is 0 Å². The first kappa shape index (κ1) is 32.4. The fraction of sp³-hybridized carbons (Fsp3) is 0. The van der Waals surface area contributed by atoms with Crippen LogP contribution in [0.25, 0.3) is 99.4 Å². The van der Waals surface area contributed by atoms with Gasteiger partial charge in [0.1, 0.15) is 0 Å². The monoisotopic (exact) mass is 722 g/mol. The Hall–Kier alpha value is -7.22. The highest BCUT2D eigenvalue weighted by Crippen LogP contribution is 2.41. The van der Waals surface area contributed by atoms with Crippen LogP contribution in [0.15, 0.2) is 182 Å². The molecule has 0 atom stereocenters. The van der Waals surface area contributed by atoms with E-state index in [4.69, 9.17) is 19.9 Å². The maximum absolute atomic E-state index is 5.04. The molecule has 10 aromatic rings. The van der Waals surface area contributed by atoms with Gasteiger partial charge in [0.15, 0.2) is 17.5 Å². The highest BCUT2D eigenvalue weighted by atomic mass is 32.1. The molecule has 0 aliphatic heterocycles. The van der Waals surface area contributed by atoms with Crippen molar-refractivity contribution in [2.24, 2.45) is 0 Å². The highest BCUT2D eigenvalue weighted by molar-refractivity contribution is 7.26. The van der Waals surface area contributed by atoms with Crippen molar-refractivity contribution in [1.82, 2.24) is 29.9 Å². The van der Waals surface area contributed by atoms with Crippen molar-refractivity contribution in [3.63, 3.8) is 0 Å². The number of aromatic nitrogens is 6. The molecule has 0 bridgehead atoms. The lowest BCUT2D eigenvalue weighted by atomic mass is 9.98. The summed E-state index contributed by atoms with van der Waals surface area (Å²) < 4.78 is 2.36. The van der Waals surface area contributed by atoms with E-state index in [2.05, 4.69) is 82.8 Å². The average molecular weight is 723 g/mol. The van der Waals surface area contributed by atoms with E-state index >= 15 is 0 Å². The Morgan fingerprint density at radius 1 is 0.327 bits per heavy atom. The molecule has 55 heavy (non-hydrogen) atoms. The summed E-state index contributed by atoms with van der Waals surface area (Å²) in [6.45, 7) is 0. The van der Waals surface area contributed by atoms with E-state index in [0.29, 0.717) is 17.5 Å². The number of rotatable bonds is 7. The second-order valence-corrected chi connectivity index (χ2v) is 14.2. The predicted octanol–water partition coefficient (Wildman–Crippen LogP) is 12.1. The summed E-state index contributed by atoms with van der Waals surface area (Å²) in [6, 6.07) is 58.1. The third-order valence-corrected chi connectivity index (χ3v) is 10.9. The molecule has 0 saturated heterocycles. The average Bonchev–Trinajstić information content (AvgIpc) is 3.66. The molecule has 0 fully saturated rings. The Kier molecular flexibility index (Phi) is 8.24. The number of hydrogen-bond acceptors (Lipinski definition) is 7. The first-order valence-electron chi connectivity index (χ1n) is 18.0. The fourth-order valence-electron chi connectivity index (χ4n) is 6.93. The third kappa shape index (κ3) is 6.33. The number of pyridine rings is 3. The van der Waals surface area contributed by atoms with E-state index in [1.807, 2.05) is 97.1 Å². The molecule has 0 saturated carbocycles. The lowest BCUT2D eigenvalue weighted by Crippen LogP contribution is -2.00. The van der Waals surface area contributed by atoms with Crippen molar-refractivity contribution in [3.05, 3.63) is 182 Å². The van der Waals surface area contributed by atoms with Gasteiger partial charge in [-0.05, 0) is 76.9 Å².